The quantitative estimate of drug-likeness (QED) is 0.878. The smallest absolute Gasteiger partial charge is 0.204 e. The number of piperidine rings is 1. The number of methoxy groups -OCH3 is 1. The van der Waals surface area contributed by atoms with Crippen LogP contribution in [-0.4, -0.2) is 62.3 Å². The lowest BCUT2D eigenvalue weighted by molar-refractivity contribution is 0.248. The molecule has 0 radical (unpaired) electrons. The van der Waals surface area contributed by atoms with E-state index in [9.17, 15) is 0 Å². The first-order valence-corrected chi connectivity index (χ1v) is 6.65. The van der Waals surface area contributed by atoms with Gasteiger partial charge in [0.2, 0.25) is 5.75 Å². The largest absolute Gasteiger partial charge is 0.490 e. The average Bonchev–Trinajstić information content (AvgIpc) is 2.46. The molecule has 0 aliphatic carbocycles. The van der Waals surface area contributed by atoms with Gasteiger partial charge in [-0.3, -0.25) is 0 Å². The summed E-state index contributed by atoms with van der Waals surface area (Å²) in [5, 5.41) is 3.04. The van der Waals surface area contributed by atoms with Gasteiger partial charge < -0.3 is 19.9 Å². The molecule has 0 bridgehead atoms. The number of hydrogen-bond acceptors (Lipinski definition) is 6. The van der Waals surface area contributed by atoms with Gasteiger partial charge in [0, 0.05) is 26.2 Å². The summed E-state index contributed by atoms with van der Waals surface area (Å²) in [6.07, 6.45) is 3.88. The molecule has 2 rings (SSSR count). The van der Waals surface area contributed by atoms with Crippen molar-refractivity contribution in [2.75, 3.05) is 51.6 Å². The number of nitrogens with zero attached hydrogens (tertiary/aromatic N) is 4. The Bertz CT molecular complexity index is 415. The normalized spacial score (nSPS) is 16.8. The maximum Gasteiger partial charge on any atom is 0.204 e. The Morgan fingerprint density at radius 2 is 2.00 bits per heavy atom. The Kier molecular flexibility index (Phi) is 4.42. The van der Waals surface area contributed by atoms with E-state index in [-0.39, 0.29) is 0 Å². The van der Waals surface area contributed by atoms with E-state index < -0.39 is 0 Å². The molecule has 1 aromatic rings. The van der Waals surface area contributed by atoms with Crippen LogP contribution < -0.4 is 15.0 Å². The molecule has 0 amide bonds. The van der Waals surface area contributed by atoms with E-state index in [1.54, 1.807) is 13.4 Å². The second-order valence-electron chi connectivity index (χ2n) is 5.01. The molecular weight excluding hydrogens is 242 g/mol. The first-order chi connectivity index (χ1) is 9.17. The molecule has 1 fully saturated rings. The van der Waals surface area contributed by atoms with Gasteiger partial charge in [0.25, 0.3) is 0 Å². The summed E-state index contributed by atoms with van der Waals surface area (Å²) in [4.78, 5) is 13.2. The molecule has 19 heavy (non-hydrogen) atoms. The highest BCUT2D eigenvalue weighted by Gasteiger charge is 2.24. The molecule has 6 heteroatoms. The maximum atomic E-state index is 5.46. The standard InChI is InChI=1S/C13H23N5O/c1-14-12-11(19-4)13(16-9-15-12)18-7-5-10(6-8-18)17(2)3/h9-10H,5-8H2,1-4H3,(H,14,15,16). The fraction of sp³-hybridized carbons (Fsp3) is 0.692. The molecule has 1 aromatic heterocycles. The van der Waals surface area contributed by atoms with Gasteiger partial charge >= 0.3 is 0 Å². The Morgan fingerprint density at radius 1 is 1.32 bits per heavy atom. The Labute approximate surface area is 114 Å². The van der Waals surface area contributed by atoms with Crippen molar-refractivity contribution in [2.45, 2.75) is 18.9 Å². The molecule has 0 saturated carbocycles. The lowest BCUT2D eigenvalue weighted by Crippen LogP contribution is -2.42. The summed E-state index contributed by atoms with van der Waals surface area (Å²) in [5.41, 5.74) is 0. The third kappa shape index (κ3) is 2.89. The van der Waals surface area contributed by atoms with Crippen molar-refractivity contribution in [3.8, 4) is 5.75 Å². The predicted molar refractivity (Wildman–Crippen MR) is 77.1 cm³/mol. The first-order valence-electron chi connectivity index (χ1n) is 6.65. The Hall–Kier alpha value is -1.56. The van der Waals surface area contributed by atoms with Gasteiger partial charge in [-0.25, -0.2) is 9.97 Å². The van der Waals surface area contributed by atoms with E-state index in [1.807, 2.05) is 7.05 Å². The van der Waals surface area contributed by atoms with Gasteiger partial charge in [-0.1, -0.05) is 0 Å². The first kappa shape index (κ1) is 13.9. The maximum absolute atomic E-state index is 5.46. The van der Waals surface area contributed by atoms with Crippen molar-refractivity contribution in [3.05, 3.63) is 6.33 Å². The van der Waals surface area contributed by atoms with Crippen LogP contribution >= 0.6 is 0 Å². The van der Waals surface area contributed by atoms with Gasteiger partial charge in [-0.15, -0.1) is 0 Å². The second-order valence-corrected chi connectivity index (χ2v) is 5.01. The van der Waals surface area contributed by atoms with Crippen LogP contribution in [0.1, 0.15) is 12.8 Å². The van der Waals surface area contributed by atoms with Crippen LogP contribution in [0, 0.1) is 0 Å². The van der Waals surface area contributed by atoms with Gasteiger partial charge in [0.1, 0.15) is 6.33 Å². The van der Waals surface area contributed by atoms with E-state index in [0.29, 0.717) is 6.04 Å². The predicted octanol–water partition coefficient (Wildman–Crippen LogP) is 1.06. The van der Waals surface area contributed by atoms with Crippen molar-refractivity contribution in [1.82, 2.24) is 14.9 Å². The van der Waals surface area contributed by atoms with Gasteiger partial charge in [0.05, 0.1) is 7.11 Å². The summed E-state index contributed by atoms with van der Waals surface area (Å²) in [6, 6.07) is 0.660. The number of ether oxygens (including phenoxy) is 1. The monoisotopic (exact) mass is 265 g/mol. The molecule has 0 aromatic carbocycles. The van der Waals surface area contributed by atoms with Gasteiger partial charge in [-0.05, 0) is 26.9 Å². The fourth-order valence-corrected chi connectivity index (χ4v) is 2.55. The minimum absolute atomic E-state index is 0.660. The van der Waals surface area contributed by atoms with Gasteiger partial charge in [-0.2, -0.15) is 0 Å². The molecule has 0 spiro atoms. The van der Waals surface area contributed by atoms with E-state index in [1.165, 1.54) is 0 Å². The minimum atomic E-state index is 0.660. The fourth-order valence-electron chi connectivity index (χ4n) is 2.55. The van der Waals surface area contributed by atoms with Crippen molar-refractivity contribution in [2.24, 2.45) is 0 Å². The van der Waals surface area contributed by atoms with Crippen LogP contribution in [0.25, 0.3) is 0 Å². The number of hydrogen-bond donors (Lipinski definition) is 1. The average molecular weight is 265 g/mol. The topological polar surface area (TPSA) is 53.5 Å². The Morgan fingerprint density at radius 3 is 2.53 bits per heavy atom. The summed E-state index contributed by atoms with van der Waals surface area (Å²) in [6.45, 7) is 2.00. The highest BCUT2D eigenvalue weighted by atomic mass is 16.5. The molecule has 1 aliphatic heterocycles. The minimum Gasteiger partial charge on any atom is -0.490 e. The number of anilines is 2. The van der Waals surface area contributed by atoms with Crippen molar-refractivity contribution in [3.63, 3.8) is 0 Å². The van der Waals surface area contributed by atoms with Crippen molar-refractivity contribution < 1.29 is 4.74 Å². The summed E-state index contributed by atoms with van der Waals surface area (Å²) in [5.74, 6) is 2.36. The van der Waals surface area contributed by atoms with E-state index in [4.69, 9.17) is 4.74 Å². The molecule has 1 saturated heterocycles. The van der Waals surface area contributed by atoms with Crippen molar-refractivity contribution in [1.29, 1.82) is 0 Å². The zero-order valence-electron chi connectivity index (χ0n) is 12.2. The highest BCUT2D eigenvalue weighted by molar-refractivity contribution is 5.64. The molecule has 2 heterocycles. The molecular formula is C13H23N5O. The third-order valence-electron chi connectivity index (χ3n) is 3.72. The van der Waals surface area contributed by atoms with Crippen LogP contribution in [0.4, 0.5) is 11.6 Å². The second kappa shape index (κ2) is 6.06. The van der Waals surface area contributed by atoms with Crippen molar-refractivity contribution >= 4 is 11.6 Å². The van der Waals surface area contributed by atoms with E-state index in [0.717, 1.165) is 43.3 Å². The summed E-state index contributed by atoms with van der Waals surface area (Å²) >= 11 is 0. The molecule has 0 atom stereocenters. The zero-order valence-corrected chi connectivity index (χ0v) is 12.2. The van der Waals surface area contributed by atoms with Crippen LogP contribution in [0.5, 0.6) is 5.75 Å². The molecule has 1 aliphatic rings. The van der Waals surface area contributed by atoms with E-state index in [2.05, 4.69) is 39.2 Å². The van der Waals surface area contributed by atoms with Crippen LogP contribution in [0.3, 0.4) is 0 Å². The number of rotatable bonds is 4. The zero-order chi connectivity index (χ0) is 13.8. The third-order valence-corrected chi connectivity index (χ3v) is 3.72. The molecule has 106 valence electrons. The number of nitrogens with one attached hydrogen (secondary N) is 1. The summed E-state index contributed by atoms with van der Waals surface area (Å²) < 4.78 is 5.46. The lowest BCUT2D eigenvalue weighted by atomic mass is 10.0. The highest BCUT2D eigenvalue weighted by Crippen LogP contribution is 2.33. The van der Waals surface area contributed by atoms with Crippen LogP contribution in [0.15, 0.2) is 6.33 Å². The van der Waals surface area contributed by atoms with Crippen LogP contribution in [-0.2, 0) is 0 Å². The Balaban J connectivity index is 2.15. The SMILES string of the molecule is CNc1ncnc(N2CCC(N(C)C)CC2)c1OC. The molecule has 0 unspecified atom stereocenters. The lowest BCUT2D eigenvalue weighted by Gasteiger charge is -2.36. The van der Waals surface area contributed by atoms with Gasteiger partial charge in [0.15, 0.2) is 11.6 Å². The number of aromatic nitrogens is 2. The summed E-state index contributed by atoms with van der Waals surface area (Å²) in [7, 11) is 7.79. The molecule has 1 N–H and O–H groups in total. The van der Waals surface area contributed by atoms with E-state index >= 15 is 0 Å². The molecule has 6 nitrogen and oxygen atoms in total. The van der Waals surface area contributed by atoms with Crippen LogP contribution in [0.2, 0.25) is 0 Å².